The largest absolute Gasteiger partial charge is 0.490 e. The summed E-state index contributed by atoms with van der Waals surface area (Å²) in [4.78, 5) is 0. The second-order valence-electron chi connectivity index (χ2n) is 6.04. The molecule has 1 N–H and O–H groups in total. The highest BCUT2D eigenvalue weighted by Gasteiger charge is 2.33. The van der Waals surface area contributed by atoms with E-state index in [1.165, 1.54) is 35.1 Å². The molecule has 0 amide bonds. The molecular formula is C16H23NO. The average Bonchev–Trinajstić information content (AvgIpc) is 3.09. The summed E-state index contributed by atoms with van der Waals surface area (Å²) >= 11 is 0. The van der Waals surface area contributed by atoms with Crippen molar-refractivity contribution in [1.29, 1.82) is 0 Å². The van der Waals surface area contributed by atoms with E-state index in [2.05, 4.69) is 39.1 Å². The van der Waals surface area contributed by atoms with Crippen molar-refractivity contribution in [2.75, 3.05) is 0 Å². The summed E-state index contributed by atoms with van der Waals surface area (Å²) in [5, 5.41) is 3.79. The SMILES string of the molecule is Cc1cc(C)c2c(c1C)OC(C)CC2NC1CC1. The molecule has 0 radical (unpaired) electrons. The molecule has 2 aliphatic rings. The molecule has 98 valence electrons. The Morgan fingerprint density at radius 3 is 2.56 bits per heavy atom. The van der Waals surface area contributed by atoms with Crippen molar-refractivity contribution < 1.29 is 4.74 Å². The lowest BCUT2D eigenvalue weighted by molar-refractivity contribution is 0.164. The van der Waals surface area contributed by atoms with E-state index >= 15 is 0 Å². The number of hydrogen-bond acceptors (Lipinski definition) is 2. The number of rotatable bonds is 2. The molecule has 1 heterocycles. The maximum Gasteiger partial charge on any atom is 0.127 e. The van der Waals surface area contributed by atoms with Crippen molar-refractivity contribution in [2.24, 2.45) is 0 Å². The fourth-order valence-corrected chi connectivity index (χ4v) is 3.04. The van der Waals surface area contributed by atoms with Crippen LogP contribution in [-0.4, -0.2) is 12.1 Å². The topological polar surface area (TPSA) is 21.3 Å². The summed E-state index contributed by atoms with van der Waals surface area (Å²) in [5.41, 5.74) is 5.43. The molecule has 0 bridgehead atoms. The molecular weight excluding hydrogens is 222 g/mol. The summed E-state index contributed by atoms with van der Waals surface area (Å²) < 4.78 is 6.12. The molecule has 2 heteroatoms. The van der Waals surface area contributed by atoms with E-state index in [1.807, 2.05) is 0 Å². The summed E-state index contributed by atoms with van der Waals surface area (Å²) in [5.74, 6) is 1.14. The number of hydrogen-bond donors (Lipinski definition) is 1. The normalized spacial score (nSPS) is 26.7. The number of nitrogens with one attached hydrogen (secondary N) is 1. The number of ether oxygens (including phenoxy) is 1. The molecule has 2 nitrogen and oxygen atoms in total. The van der Waals surface area contributed by atoms with Crippen LogP contribution in [0.3, 0.4) is 0 Å². The van der Waals surface area contributed by atoms with E-state index in [-0.39, 0.29) is 0 Å². The molecule has 2 atom stereocenters. The zero-order valence-corrected chi connectivity index (χ0v) is 11.8. The van der Waals surface area contributed by atoms with Crippen molar-refractivity contribution >= 4 is 0 Å². The molecule has 0 spiro atoms. The smallest absolute Gasteiger partial charge is 0.127 e. The van der Waals surface area contributed by atoms with Crippen molar-refractivity contribution in [3.8, 4) is 5.75 Å². The molecule has 1 aromatic rings. The van der Waals surface area contributed by atoms with Crippen LogP contribution in [0.2, 0.25) is 0 Å². The van der Waals surface area contributed by atoms with Gasteiger partial charge in [0, 0.05) is 24.1 Å². The Morgan fingerprint density at radius 1 is 1.17 bits per heavy atom. The fourth-order valence-electron chi connectivity index (χ4n) is 3.04. The Labute approximate surface area is 110 Å². The maximum atomic E-state index is 6.12. The predicted octanol–water partition coefficient (Wildman–Crippen LogP) is 3.58. The van der Waals surface area contributed by atoms with Crippen LogP contribution in [0.1, 0.15) is 54.5 Å². The monoisotopic (exact) mass is 245 g/mol. The zero-order chi connectivity index (χ0) is 12.9. The maximum absolute atomic E-state index is 6.12. The van der Waals surface area contributed by atoms with Gasteiger partial charge in [0.1, 0.15) is 5.75 Å². The van der Waals surface area contributed by atoms with Gasteiger partial charge in [-0.25, -0.2) is 0 Å². The van der Waals surface area contributed by atoms with Gasteiger partial charge in [0.2, 0.25) is 0 Å². The first kappa shape index (κ1) is 12.0. The minimum absolute atomic E-state index is 0.314. The average molecular weight is 245 g/mol. The van der Waals surface area contributed by atoms with E-state index in [9.17, 15) is 0 Å². The van der Waals surface area contributed by atoms with Crippen LogP contribution >= 0.6 is 0 Å². The van der Waals surface area contributed by atoms with Crippen LogP contribution in [0, 0.1) is 20.8 Å². The Hall–Kier alpha value is -1.02. The lowest BCUT2D eigenvalue weighted by Crippen LogP contribution is -2.33. The van der Waals surface area contributed by atoms with Gasteiger partial charge in [-0.2, -0.15) is 0 Å². The van der Waals surface area contributed by atoms with Gasteiger partial charge >= 0.3 is 0 Å². The van der Waals surface area contributed by atoms with Gasteiger partial charge in [0.15, 0.2) is 0 Å². The Morgan fingerprint density at radius 2 is 1.89 bits per heavy atom. The summed E-state index contributed by atoms with van der Waals surface area (Å²) in [7, 11) is 0. The second-order valence-corrected chi connectivity index (χ2v) is 6.04. The minimum Gasteiger partial charge on any atom is -0.490 e. The van der Waals surface area contributed by atoms with Crippen LogP contribution in [-0.2, 0) is 0 Å². The summed E-state index contributed by atoms with van der Waals surface area (Å²) in [6.45, 7) is 8.75. The van der Waals surface area contributed by atoms with Crippen LogP contribution in [0.5, 0.6) is 5.75 Å². The lowest BCUT2D eigenvalue weighted by Gasteiger charge is -2.34. The fraction of sp³-hybridized carbons (Fsp3) is 0.625. The van der Waals surface area contributed by atoms with Crippen LogP contribution in [0.4, 0.5) is 0 Å². The number of aryl methyl sites for hydroxylation is 2. The molecule has 18 heavy (non-hydrogen) atoms. The predicted molar refractivity (Wildman–Crippen MR) is 74.3 cm³/mol. The third-order valence-corrected chi connectivity index (χ3v) is 4.28. The van der Waals surface area contributed by atoms with Gasteiger partial charge in [-0.3, -0.25) is 0 Å². The first-order valence-corrected chi connectivity index (χ1v) is 7.09. The highest BCUT2D eigenvalue weighted by molar-refractivity contribution is 5.52. The van der Waals surface area contributed by atoms with E-state index in [4.69, 9.17) is 4.74 Å². The second kappa shape index (κ2) is 4.27. The molecule has 0 aromatic heterocycles. The molecule has 1 aliphatic carbocycles. The van der Waals surface area contributed by atoms with Gasteiger partial charge in [0.05, 0.1) is 6.10 Å². The standard InChI is InChI=1S/C16H23NO/c1-9-7-10(2)15-14(17-13-5-6-13)8-11(3)18-16(15)12(9)4/h7,11,13-14,17H,5-6,8H2,1-4H3. The minimum atomic E-state index is 0.314. The third-order valence-electron chi connectivity index (χ3n) is 4.28. The van der Waals surface area contributed by atoms with Crippen LogP contribution in [0.15, 0.2) is 6.07 Å². The molecule has 2 unspecified atom stereocenters. The number of benzene rings is 1. The van der Waals surface area contributed by atoms with E-state index in [1.54, 1.807) is 0 Å². The van der Waals surface area contributed by atoms with Gasteiger partial charge in [-0.1, -0.05) is 6.07 Å². The zero-order valence-electron chi connectivity index (χ0n) is 11.8. The Kier molecular flexibility index (Phi) is 2.86. The summed E-state index contributed by atoms with van der Waals surface area (Å²) in [6, 6.07) is 3.53. The molecule has 0 saturated heterocycles. The van der Waals surface area contributed by atoms with Crippen LogP contribution in [0.25, 0.3) is 0 Å². The molecule has 1 aliphatic heterocycles. The molecule has 3 rings (SSSR count). The highest BCUT2D eigenvalue weighted by atomic mass is 16.5. The van der Waals surface area contributed by atoms with Crippen molar-refractivity contribution in [2.45, 2.75) is 65.1 Å². The number of fused-ring (bicyclic) bond motifs is 1. The Balaban J connectivity index is 2.04. The van der Waals surface area contributed by atoms with Gasteiger partial charge in [-0.05, 0) is 57.2 Å². The van der Waals surface area contributed by atoms with E-state index in [0.717, 1.165) is 18.2 Å². The van der Waals surface area contributed by atoms with Gasteiger partial charge < -0.3 is 10.1 Å². The molecule has 1 saturated carbocycles. The van der Waals surface area contributed by atoms with Crippen molar-refractivity contribution in [3.05, 3.63) is 28.3 Å². The van der Waals surface area contributed by atoms with Crippen LogP contribution < -0.4 is 10.1 Å². The first-order valence-electron chi connectivity index (χ1n) is 7.09. The first-order chi connectivity index (χ1) is 8.56. The molecule has 1 fully saturated rings. The molecule has 1 aromatic carbocycles. The third kappa shape index (κ3) is 2.03. The lowest BCUT2D eigenvalue weighted by atomic mass is 9.89. The van der Waals surface area contributed by atoms with Crippen molar-refractivity contribution in [1.82, 2.24) is 5.32 Å². The highest BCUT2D eigenvalue weighted by Crippen LogP contribution is 2.42. The summed E-state index contributed by atoms with van der Waals surface area (Å²) in [6.07, 6.45) is 4.08. The van der Waals surface area contributed by atoms with Crippen molar-refractivity contribution in [3.63, 3.8) is 0 Å². The Bertz CT molecular complexity index is 476. The van der Waals surface area contributed by atoms with E-state index in [0.29, 0.717) is 12.1 Å². The van der Waals surface area contributed by atoms with Gasteiger partial charge in [-0.15, -0.1) is 0 Å². The van der Waals surface area contributed by atoms with E-state index < -0.39 is 0 Å². The van der Waals surface area contributed by atoms with Gasteiger partial charge in [0.25, 0.3) is 0 Å². The quantitative estimate of drug-likeness (QED) is 0.860.